The highest BCUT2D eigenvalue weighted by Crippen LogP contribution is 2.27. The Morgan fingerprint density at radius 3 is 2.78 bits per heavy atom. The number of nitrogens with one attached hydrogen (secondary N) is 1. The maximum Gasteiger partial charge on any atom is 0.306 e. The van der Waals surface area contributed by atoms with E-state index in [2.05, 4.69) is 9.97 Å². The van der Waals surface area contributed by atoms with Gasteiger partial charge in [-0.3, -0.25) is 9.59 Å². The smallest absolute Gasteiger partial charge is 0.306 e. The Morgan fingerprint density at radius 2 is 2.04 bits per heavy atom. The van der Waals surface area contributed by atoms with E-state index in [1.165, 1.54) is 11.3 Å². The van der Waals surface area contributed by atoms with Crippen LogP contribution in [0, 0.1) is 13.8 Å². The van der Waals surface area contributed by atoms with Crippen molar-refractivity contribution < 1.29 is 14.3 Å². The highest BCUT2D eigenvalue weighted by atomic mass is 32.1. The van der Waals surface area contributed by atoms with E-state index >= 15 is 0 Å². The van der Waals surface area contributed by atoms with Crippen molar-refractivity contribution in [3.8, 4) is 5.75 Å². The molecule has 0 fully saturated rings. The Morgan fingerprint density at radius 1 is 1.30 bits per heavy atom. The molecule has 0 aliphatic heterocycles. The zero-order chi connectivity index (χ0) is 19.6. The number of benzene rings is 1. The molecule has 0 amide bonds. The molecule has 7 heteroatoms. The summed E-state index contributed by atoms with van der Waals surface area (Å²) in [6.07, 6.45) is 0.103. The third kappa shape index (κ3) is 4.03. The van der Waals surface area contributed by atoms with Gasteiger partial charge in [-0.1, -0.05) is 18.2 Å². The molecule has 142 valence electrons. The second-order valence-electron chi connectivity index (χ2n) is 6.36. The summed E-state index contributed by atoms with van der Waals surface area (Å²) in [6.45, 7) is 5.58. The van der Waals surface area contributed by atoms with E-state index in [-0.39, 0.29) is 17.9 Å². The number of aromatic amines is 1. The van der Waals surface area contributed by atoms with E-state index < -0.39 is 6.10 Å². The molecule has 1 aromatic carbocycles. The minimum absolute atomic E-state index is 0.200. The first-order chi connectivity index (χ1) is 12.9. The van der Waals surface area contributed by atoms with Crippen molar-refractivity contribution in [2.45, 2.75) is 39.7 Å². The van der Waals surface area contributed by atoms with Crippen LogP contribution in [0.3, 0.4) is 0 Å². The number of carbonyl (C=O) groups is 1. The van der Waals surface area contributed by atoms with Crippen LogP contribution in [0.1, 0.15) is 41.3 Å². The van der Waals surface area contributed by atoms with E-state index in [0.717, 1.165) is 21.8 Å². The monoisotopic (exact) mass is 386 g/mol. The number of esters is 1. The van der Waals surface area contributed by atoms with Crippen LogP contribution in [-0.2, 0) is 16.0 Å². The first kappa shape index (κ1) is 19.1. The lowest BCUT2D eigenvalue weighted by molar-refractivity contribution is -0.148. The topological polar surface area (TPSA) is 81.3 Å². The average Bonchev–Trinajstić information content (AvgIpc) is 2.94. The zero-order valence-corrected chi connectivity index (χ0v) is 16.6. The molecule has 1 atom stereocenters. The molecule has 3 aromatic rings. The number of nitrogens with zero attached hydrogens (tertiary/aromatic N) is 1. The molecule has 0 aliphatic rings. The predicted octanol–water partition coefficient (Wildman–Crippen LogP) is 3.85. The van der Waals surface area contributed by atoms with Gasteiger partial charge in [0.1, 0.15) is 10.6 Å². The van der Waals surface area contributed by atoms with Gasteiger partial charge in [-0.2, -0.15) is 0 Å². The van der Waals surface area contributed by atoms with Crippen molar-refractivity contribution in [1.82, 2.24) is 9.97 Å². The van der Waals surface area contributed by atoms with Crippen LogP contribution in [-0.4, -0.2) is 23.0 Å². The van der Waals surface area contributed by atoms with Gasteiger partial charge in [-0.25, -0.2) is 4.98 Å². The molecule has 0 radical (unpaired) electrons. The van der Waals surface area contributed by atoms with Crippen LogP contribution in [0.15, 0.2) is 29.1 Å². The summed E-state index contributed by atoms with van der Waals surface area (Å²) in [6, 6.07) is 7.57. The molecule has 0 unspecified atom stereocenters. The summed E-state index contributed by atoms with van der Waals surface area (Å²) in [5.41, 5.74) is 1.69. The number of aromatic nitrogens is 2. The van der Waals surface area contributed by atoms with Crippen LogP contribution >= 0.6 is 11.3 Å². The molecule has 3 rings (SSSR count). The maximum absolute atomic E-state index is 12.4. The minimum Gasteiger partial charge on any atom is -0.496 e. The highest BCUT2D eigenvalue weighted by Gasteiger charge is 2.18. The van der Waals surface area contributed by atoms with Crippen molar-refractivity contribution in [3.63, 3.8) is 0 Å². The Balaban J connectivity index is 1.69. The molecule has 0 saturated carbocycles. The Bertz CT molecular complexity index is 1040. The van der Waals surface area contributed by atoms with Gasteiger partial charge in [0.2, 0.25) is 0 Å². The van der Waals surface area contributed by atoms with Crippen LogP contribution in [0.4, 0.5) is 0 Å². The van der Waals surface area contributed by atoms with E-state index in [9.17, 15) is 9.59 Å². The fourth-order valence-corrected chi connectivity index (χ4v) is 3.96. The molecule has 6 nitrogen and oxygen atoms in total. The number of carbonyl (C=O) groups excluding carboxylic acids is 1. The average molecular weight is 386 g/mol. The summed E-state index contributed by atoms with van der Waals surface area (Å²) in [5, 5.41) is 0.607. The molecule has 27 heavy (non-hydrogen) atoms. The second-order valence-corrected chi connectivity index (χ2v) is 7.56. The number of hydrogen-bond acceptors (Lipinski definition) is 6. The number of hydrogen-bond donors (Lipinski definition) is 1. The SMILES string of the molecule is COc1ccccc1CCC(=O)O[C@H](C)c1nc2sc(C)c(C)c2c(=O)[nH]1. The third-order valence-electron chi connectivity index (χ3n) is 4.54. The fourth-order valence-electron chi connectivity index (χ4n) is 2.92. The minimum atomic E-state index is -0.630. The fraction of sp³-hybridized carbons (Fsp3) is 0.350. The molecule has 0 spiro atoms. The van der Waals surface area contributed by atoms with Gasteiger partial charge in [0.15, 0.2) is 11.9 Å². The summed E-state index contributed by atoms with van der Waals surface area (Å²) >= 11 is 1.47. The summed E-state index contributed by atoms with van der Waals surface area (Å²) in [7, 11) is 1.60. The first-order valence-corrected chi connectivity index (χ1v) is 9.53. The van der Waals surface area contributed by atoms with Crippen LogP contribution in [0.25, 0.3) is 10.2 Å². The van der Waals surface area contributed by atoms with Crippen molar-refractivity contribution in [1.29, 1.82) is 0 Å². The molecule has 0 bridgehead atoms. The van der Waals surface area contributed by atoms with Crippen molar-refractivity contribution >= 4 is 27.5 Å². The van der Waals surface area contributed by atoms with Gasteiger partial charge in [0.25, 0.3) is 5.56 Å². The summed E-state index contributed by atoms with van der Waals surface area (Å²) < 4.78 is 10.8. The van der Waals surface area contributed by atoms with Crippen molar-refractivity contribution in [2.75, 3.05) is 7.11 Å². The Kier molecular flexibility index (Phi) is 5.60. The summed E-state index contributed by atoms with van der Waals surface area (Å²) in [4.78, 5) is 33.5. The lowest BCUT2D eigenvalue weighted by atomic mass is 10.1. The van der Waals surface area contributed by atoms with Crippen LogP contribution < -0.4 is 10.3 Å². The number of H-pyrrole nitrogens is 1. The number of para-hydroxylation sites is 1. The lowest BCUT2D eigenvalue weighted by Gasteiger charge is -2.13. The van der Waals surface area contributed by atoms with E-state index in [1.807, 2.05) is 38.1 Å². The second kappa shape index (κ2) is 7.92. The van der Waals surface area contributed by atoms with Gasteiger partial charge < -0.3 is 14.5 Å². The van der Waals surface area contributed by atoms with Gasteiger partial charge in [-0.05, 0) is 44.4 Å². The number of thiophene rings is 1. The maximum atomic E-state index is 12.4. The number of methoxy groups -OCH3 is 1. The Labute approximate surface area is 161 Å². The third-order valence-corrected chi connectivity index (χ3v) is 5.64. The van der Waals surface area contributed by atoms with Crippen molar-refractivity contribution in [2.24, 2.45) is 0 Å². The standard InChI is InChI=1S/C20H22N2O4S/c1-11-13(3)27-20-17(11)19(24)21-18(22-20)12(2)26-16(23)10-9-14-7-5-6-8-15(14)25-4/h5-8,12H,9-10H2,1-4H3,(H,21,22,24)/t12-/m1/s1. The first-order valence-electron chi connectivity index (χ1n) is 8.72. The van der Waals surface area contributed by atoms with Gasteiger partial charge in [0, 0.05) is 11.3 Å². The Hall–Kier alpha value is -2.67. The van der Waals surface area contributed by atoms with E-state index in [0.29, 0.717) is 22.5 Å². The highest BCUT2D eigenvalue weighted by molar-refractivity contribution is 7.18. The molecule has 0 saturated heterocycles. The number of ether oxygens (including phenoxy) is 2. The van der Waals surface area contributed by atoms with E-state index in [4.69, 9.17) is 9.47 Å². The van der Waals surface area contributed by atoms with Crippen LogP contribution in [0.2, 0.25) is 0 Å². The molecular formula is C20H22N2O4S. The normalized spacial score (nSPS) is 12.1. The predicted molar refractivity (Wildman–Crippen MR) is 106 cm³/mol. The zero-order valence-electron chi connectivity index (χ0n) is 15.8. The molecular weight excluding hydrogens is 364 g/mol. The van der Waals surface area contributed by atoms with Gasteiger partial charge in [-0.15, -0.1) is 11.3 Å². The van der Waals surface area contributed by atoms with Crippen molar-refractivity contribution in [3.05, 3.63) is 56.4 Å². The van der Waals surface area contributed by atoms with Gasteiger partial charge in [0.05, 0.1) is 12.5 Å². The van der Waals surface area contributed by atoms with E-state index in [1.54, 1.807) is 14.0 Å². The number of fused-ring (bicyclic) bond motifs is 1. The van der Waals surface area contributed by atoms with Gasteiger partial charge >= 0.3 is 5.97 Å². The number of rotatable bonds is 6. The molecule has 0 aliphatic carbocycles. The lowest BCUT2D eigenvalue weighted by Crippen LogP contribution is -2.17. The quantitative estimate of drug-likeness (QED) is 0.651. The molecule has 2 aromatic heterocycles. The largest absolute Gasteiger partial charge is 0.496 e. The number of aryl methyl sites for hydroxylation is 3. The molecule has 1 N–H and O–H groups in total. The van der Waals surface area contributed by atoms with Crippen LogP contribution in [0.5, 0.6) is 5.75 Å². The summed E-state index contributed by atoms with van der Waals surface area (Å²) in [5.74, 6) is 0.757. The molecule has 2 heterocycles.